The van der Waals surface area contributed by atoms with Gasteiger partial charge in [-0.25, -0.2) is 0 Å². The number of benzene rings is 1. The zero-order valence-electron chi connectivity index (χ0n) is 7.73. The minimum atomic E-state index is 0.734. The predicted molar refractivity (Wildman–Crippen MR) is 62.1 cm³/mol. The largest absolute Gasteiger partial charge is 0.0802 e. The molecule has 0 radical (unpaired) electrons. The van der Waals surface area contributed by atoms with Crippen molar-refractivity contribution in [1.29, 1.82) is 0 Å². The van der Waals surface area contributed by atoms with E-state index < -0.39 is 0 Å². The van der Waals surface area contributed by atoms with Crippen molar-refractivity contribution in [2.45, 2.75) is 5.92 Å². The molecular weight excluding hydrogens is 236 g/mol. The molecule has 0 nitrogen and oxygen atoms in total. The van der Waals surface area contributed by atoms with Gasteiger partial charge in [0, 0.05) is 4.47 Å². The highest BCUT2D eigenvalue weighted by Gasteiger charge is 2.47. The highest BCUT2D eigenvalue weighted by atomic mass is 79.9. The molecule has 1 saturated carbocycles. The third-order valence-electron chi connectivity index (χ3n) is 3.17. The van der Waals surface area contributed by atoms with E-state index >= 15 is 0 Å². The summed E-state index contributed by atoms with van der Waals surface area (Å²) in [6.07, 6.45) is 8.99. The summed E-state index contributed by atoms with van der Waals surface area (Å²) in [5.74, 6) is 2.26. The molecule has 70 valence electrons. The predicted octanol–water partition coefficient (Wildman–Crippen LogP) is 3.90. The highest BCUT2D eigenvalue weighted by Crippen LogP contribution is 2.56. The van der Waals surface area contributed by atoms with Crippen LogP contribution < -0.4 is 0 Å². The third-order valence-corrected chi connectivity index (χ3v) is 3.69. The average molecular weight is 247 g/mol. The fourth-order valence-corrected chi connectivity index (χ4v) is 2.63. The Morgan fingerprint density at radius 2 is 1.43 bits per heavy atom. The molecule has 2 aliphatic rings. The second kappa shape index (κ2) is 3.09. The van der Waals surface area contributed by atoms with Crippen LogP contribution in [0.1, 0.15) is 11.5 Å². The van der Waals surface area contributed by atoms with Crippen molar-refractivity contribution in [3.05, 3.63) is 58.6 Å². The molecule has 2 unspecified atom stereocenters. The summed E-state index contributed by atoms with van der Waals surface area (Å²) in [6.45, 7) is 0. The Hall–Kier alpha value is -0.820. The summed E-state index contributed by atoms with van der Waals surface area (Å²) in [7, 11) is 0. The van der Waals surface area contributed by atoms with Crippen LogP contribution in [0, 0.1) is 11.8 Å². The number of fused-ring (bicyclic) bond motifs is 1. The maximum absolute atomic E-state index is 3.46. The van der Waals surface area contributed by atoms with Crippen LogP contribution >= 0.6 is 15.9 Å². The molecular formula is C13H11Br. The third kappa shape index (κ3) is 1.27. The Bertz CT molecular complexity index is 382. The van der Waals surface area contributed by atoms with Crippen LogP contribution in [0.3, 0.4) is 0 Å². The molecule has 0 saturated heterocycles. The van der Waals surface area contributed by atoms with Crippen molar-refractivity contribution >= 4 is 15.9 Å². The maximum Gasteiger partial charge on any atom is 0.0175 e. The van der Waals surface area contributed by atoms with Gasteiger partial charge in [-0.2, -0.15) is 0 Å². The Labute approximate surface area is 92.5 Å². The monoisotopic (exact) mass is 246 g/mol. The lowest BCUT2D eigenvalue weighted by atomic mass is 10.1. The van der Waals surface area contributed by atoms with Crippen LogP contribution in [0.5, 0.6) is 0 Å². The number of rotatable bonds is 1. The quantitative estimate of drug-likeness (QED) is 0.705. The minimum absolute atomic E-state index is 0.734. The van der Waals surface area contributed by atoms with Crippen molar-refractivity contribution in [3.63, 3.8) is 0 Å². The van der Waals surface area contributed by atoms with E-state index in [9.17, 15) is 0 Å². The molecule has 0 N–H and O–H groups in total. The molecule has 0 spiro atoms. The second-order valence-electron chi connectivity index (χ2n) is 4.00. The topological polar surface area (TPSA) is 0 Å². The first-order valence-corrected chi connectivity index (χ1v) is 5.76. The van der Waals surface area contributed by atoms with Gasteiger partial charge in [-0.15, -0.1) is 0 Å². The normalized spacial score (nSPS) is 32.8. The fraction of sp³-hybridized carbons (Fsp3) is 0.231. The summed E-state index contributed by atoms with van der Waals surface area (Å²) in [4.78, 5) is 0. The summed E-state index contributed by atoms with van der Waals surface area (Å²) >= 11 is 3.46. The van der Waals surface area contributed by atoms with Gasteiger partial charge in [-0.05, 0) is 35.4 Å². The van der Waals surface area contributed by atoms with E-state index in [0.717, 1.165) is 22.2 Å². The zero-order valence-corrected chi connectivity index (χ0v) is 9.31. The molecule has 0 heterocycles. The standard InChI is InChI=1S/C13H11Br/c14-10-7-5-9(6-8-10)13-11-3-1-2-4-12(11)13/h1-8,11-13H. The van der Waals surface area contributed by atoms with Crippen LogP contribution in [0.2, 0.25) is 0 Å². The Morgan fingerprint density at radius 3 is 2.00 bits per heavy atom. The van der Waals surface area contributed by atoms with Crippen molar-refractivity contribution in [1.82, 2.24) is 0 Å². The minimum Gasteiger partial charge on any atom is -0.0802 e. The molecule has 3 rings (SSSR count). The molecule has 0 aromatic heterocycles. The average Bonchev–Trinajstić information content (AvgIpc) is 2.93. The summed E-state index contributed by atoms with van der Waals surface area (Å²) in [6, 6.07) is 8.73. The van der Waals surface area contributed by atoms with Gasteiger partial charge in [-0.1, -0.05) is 52.4 Å². The number of hydrogen-bond acceptors (Lipinski definition) is 0. The summed E-state index contributed by atoms with van der Waals surface area (Å²) < 4.78 is 1.16. The number of allylic oxidation sites excluding steroid dienone is 4. The van der Waals surface area contributed by atoms with Crippen molar-refractivity contribution < 1.29 is 0 Å². The lowest BCUT2D eigenvalue weighted by molar-refractivity contribution is 0.981. The lowest BCUT2D eigenvalue weighted by Gasteiger charge is -1.97. The fourth-order valence-electron chi connectivity index (χ4n) is 2.37. The van der Waals surface area contributed by atoms with E-state index in [2.05, 4.69) is 64.5 Å². The molecule has 0 amide bonds. The van der Waals surface area contributed by atoms with E-state index in [1.54, 1.807) is 0 Å². The first-order valence-electron chi connectivity index (χ1n) is 4.97. The molecule has 2 aliphatic carbocycles. The Kier molecular flexibility index (Phi) is 1.88. The van der Waals surface area contributed by atoms with Gasteiger partial charge in [-0.3, -0.25) is 0 Å². The zero-order chi connectivity index (χ0) is 9.54. The van der Waals surface area contributed by atoms with Crippen LogP contribution in [-0.2, 0) is 0 Å². The van der Waals surface area contributed by atoms with Gasteiger partial charge in [0.1, 0.15) is 0 Å². The molecule has 14 heavy (non-hydrogen) atoms. The second-order valence-corrected chi connectivity index (χ2v) is 4.92. The maximum atomic E-state index is 3.46. The van der Waals surface area contributed by atoms with E-state index in [1.165, 1.54) is 5.56 Å². The summed E-state index contributed by atoms with van der Waals surface area (Å²) in [5.41, 5.74) is 1.47. The van der Waals surface area contributed by atoms with Gasteiger partial charge in [0.05, 0.1) is 0 Å². The number of halogens is 1. The van der Waals surface area contributed by atoms with E-state index in [4.69, 9.17) is 0 Å². The molecule has 0 bridgehead atoms. The van der Waals surface area contributed by atoms with Crippen LogP contribution in [-0.4, -0.2) is 0 Å². The Morgan fingerprint density at radius 1 is 0.857 bits per heavy atom. The molecule has 1 aromatic rings. The smallest absolute Gasteiger partial charge is 0.0175 e. The first kappa shape index (κ1) is 8.49. The molecule has 2 atom stereocenters. The van der Waals surface area contributed by atoms with Crippen molar-refractivity contribution in [2.24, 2.45) is 11.8 Å². The van der Waals surface area contributed by atoms with Crippen LogP contribution in [0.15, 0.2) is 53.0 Å². The van der Waals surface area contributed by atoms with Crippen molar-refractivity contribution in [2.75, 3.05) is 0 Å². The van der Waals surface area contributed by atoms with Crippen LogP contribution in [0.4, 0.5) is 0 Å². The molecule has 1 heteroatoms. The highest BCUT2D eigenvalue weighted by molar-refractivity contribution is 9.10. The van der Waals surface area contributed by atoms with Crippen molar-refractivity contribution in [3.8, 4) is 0 Å². The van der Waals surface area contributed by atoms with Gasteiger partial charge < -0.3 is 0 Å². The molecule has 0 aliphatic heterocycles. The SMILES string of the molecule is Brc1ccc(C2C3C=CC=CC32)cc1. The lowest BCUT2D eigenvalue weighted by Crippen LogP contribution is -1.80. The van der Waals surface area contributed by atoms with Gasteiger partial charge in [0.25, 0.3) is 0 Å². The van der Waals surface area contributed by atoms with Gasteiger partial charge in [0.2, 0.25) is 0 Å². The number of hydrogen-bond donors (Lipinski definition) is 0. The van der Waals surface area contributed by atoms with E-state index in [0.29, 0.717) is 0 Å². The van der Waals surface area contributed by atoms with Crippen LogP contribution in [0.25, 0.3) is 0 Å². The van der Waals surface area contributed by atoms with Gasteiger partial charge in [0.15, 0.2) is 0 Å². The molecule has 1 aromatic carbocycles. The Balaban J connectivity index is 1.89. The van der Waals surface area contributed by atoms with Gasteiger partial charge >= 0.3 is 0 Å². The molecule has 1 fully saturated rings. The van der Waals surface area contributed by atoms with E-state index in [1.807, 2.05) is 0 Å². The van der Waals surface area contributed by atoms with E-state index in [-0.39, 0.29) is 0 Å². The first-order chi connectivity index (χ1) is 6.86. The summed E-state index contributed by atoms with van der Waals surface area (Å²) in [5, 5.41) is 0.